The molecular formula is C21H24N8. The Kier molecular flexibility index (Phi) is 4.61. The molecule has 29 heavy (non-hydrogen) atoms. The highest BCUT2D eigenvalue weighted by atomic mass is 15.3. The fraction of sp³-hybridized carbons (Fsp3) is 0.286. The molecule has 1 aliphatic carbocycles. The highest BCUT2D eigenvalue weighted by Gasteiger charge is 2.19. The monoisotopic (exact) mass is 388 g/mol. The molecule has 0 unspecified atom stereocenters. The largest absolute Gasteiger partial charge is 0.366 e. The van der Waals surface area contributed by atoms with Crippen LogP contribution in [0.5, 0.6) is 0 Å². The van der Waals surface area contributed by atoms with Gasteiger partial charge in [0.05, 0.1) is 12.0 Å². The van der Waals surface area contributed by atoms with E-state index >= 15 is 0 Å². The summed E-state index contributed by atoms with van der Waals surface area (Å²) in [5.74, 6) is 0.841. The van der Waals surface area contributed by atoms with Gasteiger partial charge in [0.25, 0.3) is 0 Å². The number of hydrogen-bond donors (Lipinski definition) is 3. The molecule has 4 aromatic rings. The minimum Gasteiger partial charge on any atom is -0.366 e. The summed E-state index contributed by atoms with van der Waals surface area (Å²) >= 11 is 0. The van der Waals surface area contributed by atoms with Crippen LogP contribution in [0, 0.1) is 0 Å². The number of fused-ring (bicyclic) bond motifs is 1. The fourth-order valence-electron chi connectivity index (χ4n) is 3.84. The van der Waals surface area contributed by atoms with Crippen LogP contribution in [0.1, 0.15) is 25.7 Å². The van der Waals surface area contributed by atoms with E-state index in [-0.39, 0.29) is 0 Å². The Morgan fingerprint density at radius 2 is 1.83 bits per heavy atom. The zero-order valence-electron chi connectivity index (χ0n) is 16.1. The number of rotatable bonds is 5. The average Bonchev–Trinajstić information content (AvgIpc) is 3.42. The first kappa shape index (κ1) is 17.7. The van der Waals surface area contributed by atoms with Crippen LogP contribution in [0.25, 0.3) is 11.3 Å². The van der Waals surface area contributed by atoms with Crippen molar-refractivity contribution < 1.29 is 0 Å². The van der Waals surface area contributed by atoms with Crippen LogP contribution in [0.3, 0.4) is 0 Å². The standard InChI is InChI=1S/C21H24N8/c22-15-1-3-17(4-2-15)26-20-13-19(21-24-10-12-29(21)27-20)25-16-5-7-18(8-6-16)28-11-9-23-14-28/h5-15,17,25H,1-4,22H2,(H,26,27). The zero-order valence-corrected chi connectivity index (χ0v) is 16.1. The molecule has 1 saturated carbocycles. The van der Waals surface area contributed by atoms with Crippen LogP contribution in [0.2, 0.25) is 0 Å². The lowest BCUT2D eigenvalue weighted by Crippen LogP contribution is -2.33. The van der Waals surface area contributed by atoms with Crippen molar-refractivity contribution in [2.75, 3.05) is 10.6 Å². The third-order valence-electron chi connectivity index (χ3n) is 5.43. The lowest BCUT2D eigenvalue weighted by atomic mass is 9.92. The summed E-state index contributed by atoms with van der Waals surface area (Å²) in [4.78, 5) is 8.55. The quantitative estimate of drug-likeness (QED) is 0.485. The van der Waals surface area contributed by atoms with Gasteiger partial charge in [-0.25, -0.2) is 14.5 Å². The minimum absolute atomic E-state index is 0.333. The highest BCUT2D eigenvalue weighted by Crippen LogP contribution is 2.26. The molecular weight excluding hydrogens is 364 g/mol. The van der Waals surface area contributed by atoms with Crippen molar-refractivity contribution in [1.82, 2.24) is 24.1 Å². The first-order valence-electron chi connectivity index (χ1n) is 9.96. The van der Waals surface area contributed by atoms with Gasteiger partial charge in [0, 0.05) is 54.3 Å². The van der Waals surface area contributed by atoms with Crippen LogP contribution in [-0.2, 0) is 0 Å². The Morgan fingerprint density at radius 1 is 1.00 bits per heavy atom. The molecule has 0 atom stereocenters. The fourth-order valence-corrected chi connectivity index (χ4v) is 3.84. The van der Waals surface area contributed by atoms with Crippen molar-refractivity contribution in [2.45, 2.75) is 37.8 Å². The molecule has 4 N–H and O–H groups in total. The van der Waals surface area contributed by atoms with Crippen molar-refractivity contribution in [1.29, 1.82) is 0 Å². The molecule has 0 aliphatic heterocycles. The number of nitrogens with one attached hydrogen (secondary N) is 2. The van der Waals surface area contributed by atoms with Crippen LogP contribution < -0.4 is 16.4 Å². The van der Waals surface area contributed by atoms with Gasteiger partial charge in [0.2, 0.25) is 0 Å². The summed E-state index contributed by atoms with van der Waals surface area (Å²) in [6.45, 7) is 0. The maximum atomic E-state index is 6.03. The molecule has 0 spiro atoms. The minimum atomic E-state index is 0.333. The Morgan fingerprint density at radius 3 is 2.59 bits per heavy atom. The smallest absolute Gasteiger partial charge is 0.177 e. The molecule has 0 saturated heterocycles. The second-order valence-corrected chi connectivity index (χ2v) is 7.54. The SMILES string of the molecule is NC1CCC(Nc2cc(Nc3ccc(-n4ccnc4)cc3)c3nccn3n2)CC1. The lowest BCUT2D eigenvalue weighted by molar-refractivity contribution is 0.410. The van der Waals surface area contributed by atoms with E-state index in [2.05, 4.69) is 37.8 Å². The first-order chi connectivity index (χ1) is 14.2. The third-order valence-corrected chi connectivity index (χ3v) is 5.43. The molecule has 1 aliphatic rings. The molecule has 0 radical (unpaired) electrons. The molecule has 3 aromatic heterocycles. The van der Waals surface area contributed by atoms with E-state index in [1.54, 1.807) is 23.2 Å². The molecule has 3 heterocycles. The van der Waals surface area contributed by atoms with Gasteiger partial charge in [-0.3, -0.25) is 0 Å². The van der Waals surface area contributed by atoms with E-state index in [4.69, 9.17) is 5.73 Å². The molecule has 1 aromatic carbocycles. The van der Waals surface area contributed by atoms with Gasteiger partial charge in [0.1, 0.15) is 5.82 Å². The van der Waals surface area contributed by atoms with E-state index in [0.29, 0.717) is 12.1 Å². The van der Waals surface area contributed by atoms with Crippen molar-refractivity contribution in [3.8, 4) is 5.69 Å². The summed E-state index contributed by atoms with van der Waals surface area (Å²) in [6, 6.07) is 11.0. The lowest BCUT2D eigenvalue weighted by Gasteiger charge is -2.27. The number of aromatic nitrogens is 5. The van der Waals surface area contributed by atoms with Crippen LogP contribution in [0.15, 0.2) is 61.4 Å². The number of anilines is 3. The van der Waals surface area contributed by atoms with E-state index in [0.717, 1.165) is 54.2 Å². The molecule has 0 amide bonds. The number of nitrogens with zero attached hydrogens (tertiary/aromatic N) is 5. The topological polar surface area (TPSA) is 98.1 Å². The molecule has 0 bridgehead atoms. The van der Waals surface area contributed by atoms with E-state index in [9.17, 15) is 0 Å². The van der Waals surface area contributed by atoms with Gasteiger partial charge >= 0.3 is 0 Å². The molecule has 8 nitrogen and oxygen atoms in total. The number of benzene rings is 1. The van der Waals surface area contributed by atoms with Crippen molar-refractivity contribution in [3.05, 3.63) is 61.4 Å². The molecule has 5 rings (SSSR count). The summed E-state index contributed by atoms with van der Waals surface area (Å²) in [7, 11) is 0. The van der Waals surface area contributed by atoms with E-state index in [1.165, 1.54) is 0 Å². The van der Waals surface area contributed by atoms with Gasteiger partial charge in [-0.05, 0) is 49.9 Å². The van der Waals surface area contributed by atoms with Crippen molar-refractivity contribution in [3.63, 3.8) is 0 Å². The maximum Gasteiger partial charge on any atom is 0.177 e. The molecule has 148 valence electrons. The van der Waals surface area contributed by atoms with Gasteiger partial charge in [-0.15, -0.1) is 5.10 Å². The Hall–Kier alpha value is -3.39. The van der Waals surface area contributed by atoms with Crippen LogP contribution in [0.4, 0.5) is 17.2 Å². The second kappa shape index (κ2) is 7.56. The predicted molar refractivity (Wildman–Crippen MR) is 114 cm³/mol. The van der Waals surface area contributed by atoms with Crippen LogP contribution in [-0.4, -0.2) is 36.2 Å². The zero-order chi connectivity index (χ0) is 19.6. The second-order valence-electron chi connectivity index (χ2n) is 7.54. The summed E-state index contributed by atoms with van der Waals surface area (Å²) in [5.41, 5.74) is 9.78. The Bertz CT molecular complexity index is 1080. The summed E-state index contributed by atoms with van der Waals surface area (Å²) < 4.78 is 3.78. The normalized spacial score (nSPS) is 19.3. The van der Waals surface area contributed by atoms with Crippen molar-refractivity contribution in [2.24, 2.45) is 5.73 Å². The number of imidazole rings is 2. The highest BCUT2D eigenvalue weighted by molar-refractivity contribution is 5.76. The number of hydrogen-bond acceptors (Lipinski definition) is 6. The van der Waals surface area contributed by atoms with Gasteiger partial charge in [0.15, 0.2) is 5.65 Å². The number of nitrogens with two attached hydrogens (primary N) is 1. The maximum absolute atomic E-state index is 6.03. The van der Waals surface area contributed by atoms with Gasteiger partial charge in [-0.1, -0.05) is 0 Å². The Labute approximate surface area is 168 Å². The first-order valence-corrected chi connectivity index (χ1v) is 9.96. The van der Waals surface area contributed by atoms with Crippen molar-refractivity contribution >= 4 is 22.8 Å². The van der Waals surface area contributed by atoms with Crippen LogP contribution >= 0.6 is 0 Å². The Balaban J connectivity index is 1.38. The summed E-state index contributed by atoms with van der Waals surface area (Å²) in [6.07, 6.45) is 13.4. The molecule has 8 heteroatoms. The van der Waals surface area contributed by atoms with Gasteiger partial charge < -0.3 is 20.9 Å². The van der Waals surface area contributed by atoms with E-state index < -0.39 is 0 Å². The average molecular weight is 388 g/mol. The third kappa shape index (κ3) is 3.79. The summed E-state index contributed by atoms with van der Waals surface area (Å²) in [5, 5.41) is 11.7. The molecule has 1 fully saturated rings. The predicted octanol–water partition coefficient (Wildman–Crippen LogP) is 3.34. The van der Waals surface area contributed by atoms with E-state index in [1.807, 2.05) is 35.2 Å². The van der Waals surface area contributed by atoms with Gasteiger partial charge in [-0.2, -0.15) is 0 Å².